The minimum absolute atomic E-state index is 0.0565. The normalized spacial score (nSPS) is 14.2. The molecule has 0 spiro atoms. The van der Waals surface area contributed by atoms with Crippen molar-refractivity contribution >= 4 is 17.9 Å². The minimum Gasteiger partial charge on any atom is -0.480 e. The van der Waals surface area contributed by atoms with Crippen LogP contribution >= 0.6 is 0 Å². The third kappa shape index (κ3) is 7.17. The number of esters is 2. The fourth-order valence-corrected chi connectivity index (χ4v) is 3.76. The molecule has 2 aromatic carbocycles. The minimum atomic E-state index is -2.14. The molecule has 0 saturated heterocycles. The van der Waals surface area contributed by atoms with Crippen molar-refractivity contribution in [1.29, 1.82) is 0 Å². The van der Waals surface area contributed by atoms with E-state index in [1.165, 1.54) is 0 Å². The smallest absolute Gasteiger partial charge is 0.325 e. The predicted molar refractivity (Wildman–Crippen MR) is 125 cm³/mol. The van der Waals surface area contributed by atoms with Gasteiger partial charge in [-0.05, 0) is 44.2 Å². The lowest BCUT2D eigenvalue weighted by Crippen LogP contribution is -2.52. The van der Waals surface area contributed by atoms with Crippen LogP contribution in [0.4, 0.5) is 0 Å². The Balaban J connectivity index is 2.55. The summed E-state index contributed by atoms with van der Waals surface area (Å²) >= 11 is 0. The van der Waals surface area contributed by atoms with E-state index in [9.17, 15) is 19.5 Å². The molecule has 178 valence electrons. The van der Waals surface area contributed by atoms with Crippen LogP contribution in [0.25, 0.3) is 0 Å². The van der Waals surface area contributed by atoms with E-state index < -0.39 is 34.8 Å². The lowest BCUT2D eigenvalue weighted by Gasteiger charge is -2.36. The van der Waals surface area contributed by atoms with Crippen molar-refractivity contribution in [3.05, 3.63) is 71.8 Å². The first-order valence-corrected chi connectivity index (χ1v) is 11.2. The van der Waals surface area contributed by atoms with Crippen molar-refractivity contribution in [2.75, 3.05) is 0 Å². The van der Waals surface area contributed by atoms with Crippen LogP contribution in [-0.2, 0) is 36.9 Å². The van der Waals surface area contributed by atoms with Crippen molar-refractivity contribution < 1.29 is 29.0 Å². The Morgan fingerprint density at radius 1 is 0.879 bits per heavy atom. The molecule has 0 aliphatic carbocycles. The molecule has 6 nitrogen and oxygen atoms in total. The number of benzene rings is 2. The van der Waals surface area contributed by atoms with Gasteiger partial charge in [0.1, 0.15) is 12.2 Å². The van der Waals surface area contributed by atoms with Crippen molar-refractivity contribution in [3.63, 3.8) is 0 Å². The van der Waals surface area contributed by atoms with Gasteiger partial charge in [-0.25, -0.2) is 0 Å². The summed E-state index contributed by atoms with van der Waals surface area (Å²) in [6.45, 7) is 8.80. The second kappa shape index (κ2) is 11.1. The fourth-order valence-electron chi connectivity index (χ4n) is 3.76. The maximum absolute atomic E-state index is 13.6. The number of ether oxygens (including phenoxy) is 2. The van der Waals surface area contributed by atoms with Gasteiger partial charge in [0.25, 0.3) is 0 Å². The number of carboxylic acids is 1. The Kier molecular flexibility index (Phi) is 8.80. The van der Waals surface area contributed by atoms with Crippen LogP contribution in [0, 0.1) is 17.3 Å². The van der Waals surface area contributed by atoms with Crippen molar-refractivity contribution in [1.82, 2.24) is 0 Å². The molecule has 1 N–H and O–H groups in total. The lowest BCUT2D eigenvalue weighted by atomic mass is 9.68. The van der Waals surface area contributed by atoms with Gasteiger partial charge < -0.3 is 14.6 Å². The molecule has 2 aromatic rings. The van der Waals surface area contributed by atoms with Gasteiger partial charge in [-0.1, -0.05) is 74.5 Å². The third-order valence-corrected chi connectivity index (χ3v) is 5.28. The lowest BCUT2D eigenvalue weighted by molar-refractivity contribution is -0.186. The van der Waals surface area contributed by atoms with E-state index in [-0.39, 0.29) is 25.4 Å². The monoisotopic (exact) mass is 454 g/mol. The molecule has 2 rings (SSSR count). The molecule has 6 heteroatoms. The summed E-state index contributed by atoms with van der Waals surface area (Å²) in [7, 11) is 0. The largest absolute Gasteiger partial charge is 0.480 e. The third-order valence-electron chi connectivity index (χ3n) is 5.28. The van der Waals surface area contributed by atoms with Gasteiger partial charge in [0.15, 0.2) is 5.41 Å². The number of hydrogen-bond donors (Lipinski definition) is 1. The highest BCUT2D eigenvalue weighted by molar-refractivity contribution is 6.03. The van der Waals surface area contributed by atoms with Crippen LogP contribution in [-0.4, -0.2) is 28.6 Å². The molecule has 33 heavy (non-hydrogen) atoms. The maximum Gasteiger partial charge on any atom is 0.325 e. The molecule has 0 aliphatic rings. The van der Waals surface area contributed by atoms with E-state index in [4.69, 9.17) is 9.47 Å². The summed E-state index contributed by atoms with van der Waals surface area (Å²) in [5.74, 6) is -4.34. The number of carbonyl (C=O) groups excluding carboxylic acids is 2. The second-order valence-corrected chi connectivity index (χ2v) is 9.72. The first-order chi connectivity index (χ1) is 15.5. The summed E-state index contributed by atoms with van der Waals surface area (Å²) in [6.07, 6.45) is -0.0259. The topological polar surface area (TPSA) is 89.9 Å². The average molecular weight is 455 g/mol. The number of hydrogen-bond acceptors (Lipinski definition) is 5. The van der Waals surface area contributed by atoms with E-state index >= 15 is 0 Å². The Labute approximate surface area is 195 Å². The van der Waals surface area contributed by atoms with Gasteiger partial charge in [0, 0.05) is 6.42 Å². The Morgan fingerprint density at radius 3 is 1.85 bits per heavy atom. The highest BCUT2D eigenvalue weighted by Gasteiger charge is 2.58. The SMILES string of the molecule is CC(C)C[C@@H](C(=O)OC(C)(C)C)C(Cc1ccccc1)(C(=O)O)C(=O)OCc1ccccc1. The second-order valence-electron chi connectivity index (χ2n) is 9.72. The molecular weight excluding hydrogens is 420 g/mol. The van der Waals surface area contributed by atoms with Gasteiger partial charge in [0.05, 0.1) is 5.92 Å². The maximum atomic E-state index is 13.6. The van der Waals surface area contributed by atoms with Crippen LogP contribution in [0.5, 0.6) is 0 Å². The molecule has 2 atom stereocenters. The molecule has 0 saturated carbocycles. The van der Waals surface area contributed by atoms with Gasteiger partial charge >= 0.3 is 17.9 Å². The van der Waals surface area contributed by atoms with Crippen LogP contribution in [0.3, 0.4) is 0 Å². The summed E-state index contributed by atoms with van der Waals surface area (Å²) in [5, 5.41) is 10.5. The standard InChI is InChI=1S/C27H34O6/c1-19(2)16-22(23(28)33-26(3,4)5)27(24(29)30,17-20-12-8-6-9-13-20)25(31)32-18-21-14-10-7-11-15-21/h6-15,19,22H,16-18H2,1-5H3,(H,29,30)/t22-,27?/m0/s1. The highest BCUT2D eigenvalue weighted by Crippen LogP contribution is 2.40. The van der Waals surface area contributed by atoms with E-state index in [0.29, 0.717) is 5.56 Å². The first kappa shape index (κ1) is 26.1. The molecule has 0 bridgehead atoms. The molecule has 1 unspecified atom stereocenters. The van der Waals surface area contributed by atoms with Crippen molar-refractivity contribution in [2.24, 2.45) is 17.3 Å². The summed E-state index contributed by atoms with van der Waals surface area (Å²) in [4.78, 5) is 39.8. The number of carbonyl (C=O) groups is 3. The first-order valence-electron chi connectivity index (χ1n) is 11.2. The summed E-state index contributed by atoms with van der Waals surface area (Å²) in [5.41, 5.74) is -1.63. The number of carboxylic acid groups (broad SMARTS) is 1. The van der Waals surface area contributed by atoms with Gasteiger partial charge in [-0.2, -0.15) is 0 Å². The average Bonchev–Trinajstić information content (AvgIpc) is 2.74. The quantitative estimate of drug-likeness (QED) is 0.399. The molecule has 0 amide bonds. The Morgan fingerprint density at radius 2 is 1.39 bits per heavy atom. The molecule has 0 fully saturated rings. The number of rotatable bonds is 10. The van der Waals surface area contributed by atoms with Gasteiger partial charge in [0.2, 0.25) is 0 Å². The number of aliphatic carboxylic acids is 1. The van der Waals surface area contributed by atoms with E-state index in [1.807, 2.05) is 19.9 Å². The molecule has 0 aliphatic heterocycles. The van der Waals surface area contributed by atoms with Crippen molar-refractivity contribution in [3.8, 4) is 0 Å². The molecular formula is C27H34O6. The Bertz CT molecular complexity index is 930. The van der Waals surface area contributed by atoms with Gasteiger partial charge in [-0.15, -0.1) is 0 Å². The van der Waals surface area contributed by atoms with Crippen molar-refractivity contribution in [2.45, 2.75) is 59.7 Å². The van der Waals surface area contributed by atoms with Crippen LogP contribution in [0.2, 0.25) is 0 Å². The molecule has 0 heterocycles. The summed E-state index contributed by atoms with van der Waals surface area (Å²) < 4.78 is 11.1. The van der Waals surface area contributed by atoms with Gasteiger partial charge in [-0.3, -0.25) is 14.4 Å². The van der Waals surface area contributed by atoms with Crippen LogP contribution < -0.4 is 0 Å². The summed E-state index contributed by atoms with van der Waals surface area (Å²) in [6, 6.07) is 17.8. The molecule has 0 radical (unpaired) electrons. The fraction of sp³-hybridized carbons (Fsp3) is 0.444. The zero-order valence-corrected chi connectivity index (χ0v) is 20.0. The highest BCUT2D eigenvalue weighted by atomic mass is 16.6. The Hall–Kier alpha value is -3.15. The zero-order chi connectivity index (χ0) is 24.6. The van der Waals surface area contributed by atoms with Crippen LogP contribution in [0.15, 0.2) is 60.7 Å². The molecule has 0 aromatic heterocycles. The zero-order valence-electron chi connectivity index (χ0n) is 20.0. The predicted octanol–water partition coefficient (Wildman–Crippen LogP) is 5.05. The van der Waals surface area contributed by atoms with E-state index in [0.717, 1.165) is 5.56 Å². The van der Waals surface area contributed by atoms with E-state index in [2.05, 4.69) is 0 Å². The van der Waals surface area contributed by atoms with Crippen LogP contribution in [0.1, 0.15) is 52.2 Å². The van der Waals surface area contributed by atoms with E-state index in [1.54, 1.807) is 75.4 Å².